The van der Waals surface area contributed by atoms with Crippen LogP contribution in [0.5, 0.6) is 0 Å². The number of halogens is 1. The summed E-state index contributed by atoms with van der Waals surface area (Å²) in [5.74, 6) is -0.666. The molecule has 21 heavy (non-hydrogen) atoms. The Kier molecular flexibility index (Phi) is 4.56. The van der Waals surface area contributed by atoms with Crippen molar-refractivity contribution in [1.82, 2.24) is 4.98 Å². The first kappa shape index (κ1) is 15.0. The molecule has 0 N–H and O–H groups in total. The summed E-state index contributed by atoms with van der Waals surface area (Å²) in [6.45, 7) is 3.83. The number of aromatic nitrogens is 1. The number of nitriles is 1. The number of pyridine rings is 1. The van der Waals surface area contributed by atoms with Gasteiger partial charge in [-0.05, 0) is 31.6 Å². The summed E-state index contributed by atoms with van der Waals surface area (Å²) in [6, 6.07) is 9.38. The minimum absolute atomic E-state index is 0.104. The Morgan fingerprint density at radius 2 is 2.29 bits per heavy atom. The Morgan fingerprint density at radius 1 is 1.52 bits per heavy atom. The van der Waals surface area contributed by atoms with Gasteiger partial charge in [-0.2, -0.15) is 5.26 Å². The smallest absolute Gasteiger partial charge is 0.348 e. The minimum atomic E-state index is -0.666. The van der Waals surface area contributed by atoms with Gasteiger partial charge in [-0.1, -0.05) is 29.8 Å². The first-order valence-corrected chi connectivity index (χ1v) is 6.79. The molecule has 1 heterocycles. The Hall–Kier alpha value is -2.38. The van der Waals surface area contributed by atoms with Gasteiger partial charge in [0.2, 0.25) is 0 Å². The van der Waals surface area contributed by atoms with E-state index >= 15 is 0 Å². The third-order valence-corrected chi connectivity index (χ3v) is 3.25. The number of para-hydroxylation sites is 1. The number of esters is 1. The van der Waals surface area contributed by atoms with E-state index in [0.717, 1.165) is 16.5 Å². The molecular formula is C16H13ClN2O2. The van der Waals surface area contributed by atoms with Gasteiger partial charge < -0.3 is 4.74 Å². The van der Waals surface area contributed by atoms with Crippen molar-refractivity contribution in [2.45, 2.75) is 13.8 Å². The topological polar surface area (TPSA) is 63.0 Å². The largest absolute Gasteiger partial charge is 0.462 e. The van der Waals surface area contributed by atoms with Crippen molar-refractivity contribution in [1.29, 1.82) is 5.26 Å². The Bertz CT molecular complexity index is 776. The SMILES string of the molecule is CCOC(=O)/C(C#N)=C\c1cc2cccc(C)c2nc1Cl. The van der Waals surface area contributed by atoms with E-state index in [1.807, 2.05) is 31.2 Å². The van der Waals surface area contributed by atoms with Gasteiger partial charge in [0.05, 0.1) is 12.1 Å². The molecule has 0 saturated heterocycles. The number of aryl methyl sites for hydroxylation is 1. The van der Waals surface area contributed by atoms with Gasteiger partial charge in [0, 0.05) is 10.9 Å². The molecule has 0 saturated carbocycles. The highest BCUT2D eigenvalue weighted by molar-refractivity contribution is 6.31. The predicted molar refractivity (Wildman–Crippen MR) is 81.7 cm³/mol. The second-order valence-electron chi connectivity index (χ2n) is 4.41. The summed E-state index contributed by atoms with van der Waals surface area (Å²) >= 11 is 6.14. The quantitative estimate of drug-likeness (QED) is 0.375. The lowest BCUT2D eigenvalue weighted by Gasteiger charge is -2.05. The molecule has 0 bridgehead atoms. The van der Waals surface area contributed by atoms with Crippen LogP contribution >= 0.6 is 11.6 Å². The normalized spacial score (nSPS) is 11.2. The fourth-order valence-corrected chi connectivity index (χ4v) is 2.14. The summed E-state index contributed by atoms with van der Waals surface area (Å²) in [7, 11) is 0. The Balaban J connectivity index is 2.54. The number of carbonyl (C=O) groups excluding carboxylic acids is 1. The number of fused-ring (bicyclic) bond motifs is 1. The average Bonchev–Trinajstić information content (AvgIpc) is 2.46. The maximum absolute atomic E-state index is 11.6. The van der Waals surface area contributed by atoms with E-state index in [1.165, 1.54) is 6.08 Å². The molecule has 0 amide bonds. The first-order chi connectivity index (χ1) is 10.1. The zero-order valence-corrected chi connectivity index (χ0v) is 12.4. The molecule has 0 radical (unpaired) electrons. The summed E-state index contributed by atoms with van der Waals surface area (Å²) in [5, 5.41) is 10.2. The first-order valence-electron chi connectivity index (χ1n) is 6.41. The highest BCUT2D eigenvalue weighted by atomic mass is 35.5. The van der Waals surface area contributed by atoms with Crippen molar-refractivity contribution in [3.05, 3.63) is 46.1 Å². The molecular weight excluding hydrogens is 288 g/mol. The van der Waals surface area contributed by atoms with E-state index < -0.39 is 5.97 Å². The van der Waals surface area contributed by atoms with Crippen LogP contribution in [-0.2, 0) is 9.53 Å². The minimum Gasteiger partial charge on any atom is -0.462 e. The van der Waals surface area contributed by atoms with Gasteiger partial charge in [-0.15, -0.1) is 0 Å². The zero-order chi connectivity index (χ0) is 15.4. The van der Waals surface area contributed by atoms with Crippen LogP contribution in [-0.4, -0.2) is 17.6 Å². The van der Waals surface area contributed by atoms with E-state index in [0.29, 0.717) is 5.56 Å². The van der Waals surface area contributed by atoms with Crippen LogP contribution in [0.2, 0.25) is 5.15 Å². The number of hydrogen-bond donors (Lipinski definition) is 0. The van der Waals surface area contributed by atoms with Gasteiger partial charge in [-0.3, -0.25) is 0 Å². The van der Waals surface area contributed by atoms with Gasteiger partial charge in [0.15, 0.2) is 0 Å². The predicted octanol–water partition coefficient (Wildman–Crippen LogP) is 3.67. The second kappa shape index (κ2) is 6.38. The van der Waals surface area contributed by atoms with Crippen LogP contribution in [0, 0.1) is 18.3 Å². The summed E-state index contributed by atoms with van der Waals surface area (Å²) in [6.07, 6.45) is 1.40. The molecule has 2 aromatic rings. The molecule has 0 atom stereocenters. The van der Waals surface area contributed by atoms with Crippen molar-refractivity contribution < 1.29 is 9.53 Å². The van der Waals surface area contributed by atoms with Crippen molar-refractivity contribution in [3.8, 4) is 6.07 Å². The molecule has 0 aliphatic heterocycles. The monoisotopic (exact) mass is 300 g/mol. The fraction of sp³-hybridized carbons (Fsp3) is 0.188. The maximum atomic E-state index is 11.6. The van der Waals surface area contributed by atoms with Crippen LogP contribution < -0.4 is 0 Å². The lowest BCUT2D eigenvalue weighted by atomic mass is 10.1. The number of benzene rings is 1. The molecule has 0 spiro atoms. The molecule has 2 rings (SSSR count). The Labute approximate surface area is 127 Å². The Morgan fingerprint density at radius 3 is 2.95 bits per heavy atom. The average molecular weight is 301 g/mol. The molecule has 0 unspecified atom stereocenters. The molecule has 0 fully saturated rings. The lowest BCUT2D eigenvalue weighted by molar-refractivity contribution is -0.137. The summed E-state index contributed by atoms with van der Waals surface area (Å²) < 4.78 is 4.82. The zero-order valence-electron chi connectivity index (χ0n) is 11.7. The number of nitrogens with zero attached hydrogens (tertiary/aromatic N) is 2. The highest BCUT2D eigenvalue weighted by Crippen LogP contribution is 2.24. The fourth-order valence-electron chi connectivity index (χ4n) is 1.94. The van der Waals surface area contributed by atoms with Crippen molar-refractivity contribution in [2.24, 2.45) is 0 Å². The van der Waals surface area contributed by atoms with E-state index in [9.17, 15) is 4.79 Å². The molecule has 1 aromatic heterocycles. The van der Waals surface area contributed by atoms with Crippen LogP contribution in [0.15, 0.2) is 29.8 Å². The number of carbonyl (C=O) groups is 1. The maximum Gasteiger partial charge on any atom is 0.348 e. The molecule has 106 valence electrons. The standard InChI is InChI=1S/C16H13ClN2O2/c1-3-21-16(20)13(9-18)8-12-7-11-6-4-5-10(2)14(11)19-15(12)17/h4-8H,3H2,1-2H3/b13-8-. The van der Waals surface area contributed by atoms with Gasteiger partial charge in [-0.25, -0.2) is 9.78 Å². The third kappa shape index (κ3) is 3.21. The molecule has 0 aliphatic carbocycles. The van der Waals surface area contributed by atoms with Crippen LogP contribution in [0.1, 0.15) is 18.1 Å². The van der Waals surface area contributed by atoms with Gasteiger partial charge in [0.1, 0.15) is 16.8 Å². The van der Waals surface area contributed by atoms with E-state index in [2.05, 4.69) is 4.98 Å². The van der Waals surface area contributed by atoms with Crippen molar-refractivity contribution in [2.75, 3.05) is 6.61 Å². The number of rotatable bonds is 3. The molecule has 5 heteroatoms. The van der Waals surface area contributed by atoms with E-state index in [4.69, 9.17) is 21.6 Å². The molecule has 0 aliphatic rings. The van der Waals surface area contributed by atoms with Crippen molar-refractivity contribution >= 4 is 34.5 Å². The number of ether oxygens (including phenoxy) is 1. The lowest BCUT2D eigenvalue weighted by Crippen LogP contribution is -2.06. The highest BCUT2D eigenvalue weighted by Gasteiger charge is 2.12. The van der Waals surface area contributed by atoms with Gasteiger partial charge >= 0.3 is 5.97 Å². The number of hydrogen-bond acceptors (Lipinski definition) is 4. The van der Waals surface area contributed by atoms with E-state index in [1.54, 1.807) is 13.0 Å². The molecule has 4 nitrogen and oxygen atoms in total. The van der Waals surface area contributed by atoms with Crippen molar-refractivity contribution in [3.63, 3.8) is 0 Å². The van der Waals surface area contributed by atoms with Crippen LogP contribution in [0.25, 0.3) is 17.0 Å². The summed E-state index contributed by atoms with van der Waals surface area (Å²) in [5.41, 5.74) is 2.22. The van der Waals surface area contributed by atoms with E-state index in [-0.39, 0.29) is 17.3 Å². The van der Waals surface area contributed by atoms with Crippen LogP contribution in [0.4, 0.5) is 0 Å². The summed E-state index contributed by atoms with van der Waals surface area (Å²) in [4.78, 5) is 16.0. The third-order valence-electron chi connectivity index (χ3n) is 2.94. The second-order valence-corrected chi connectivity index (χ2v) is 4.76. The van der Waals surface area contributed by atoms with Crippen LogP contribution in [0.3, 0.4) is 0 Å². The van der Waals surface area contributed by atoms with Gasteiger partial charge in [0.25, 0.3) is 0 Å². The molecule has 1 aromatic carbocycles.